The first-order chi connectivity index (χ1) is 16.6. The molecule has 0 radical (unpaired) electrons. The molecule has 4 aromatic carbocycles. The molecule has 4 rings (SSSR count). The predicted molar refractivity (Wildman–Crippen MR) is 141 cm³/mol. The number of nitrogens with two attached hydrogens (primary N) is 1. The van der Waals surface area contributed by atoms with Crippen molar-refractivity contribution in [3.63, 3.8) is 0 Å². The van der Waals surface area contributed by atoms with Gasteiger partial charge in [0.15, 0.2) is 0 Å². The van der Waals surface area contributed by atoms with Crippen molar-refractivity contribution in [3.8, 4) is 22.6 Å². The normalized spacial score (nSPS) is 10.7. The van der Waals surface area contributed by atoms with E-state index in [1.54, 1.807) is 0 Å². The van der Waals surface area contributed by atoms with E-state index in [1.165, 1.54) is 16.3 Å². The molecule has 0 saturated heterocycles. The van der Waals surface area contributed by atoms with Crippen LogP contribution in [-0.4, -0.2) is 19.0 Å². The van der Waals surface area contributed by atoms with E-state index >= 15 is 0 Å². The first-order valence-corrected chi connectivity index (χ1v) is 11.5. The maximum Gasteiger partial charge on any atom is 0.123 e. The summed E-state index contributed by atoms with van der Waals surface area (Å²) in [6.45, 7) is 6.96. The lowest BCUT2D eigenvalue weighted by molar-refractivity contribution is 0.216. The van der Waals surface area contributed by atoms with E-state index in [9.17, 15) is 0 Å². The van der Waals surface area contributed by atoms with Crippen molar-refractivity contribution in [2.75, 3.05) is 13.2 Å². The van der Waals surface area contributed by atoms with Gasteiger partial charge in [-0.3, -0.25) is 5.41 Å². The van der Waals surface area contributed by atoms with Gasteiger partial charge in [0.1, 0.15) is 30.5 Å². The topological polar surface area (TPSA) is 68.3 Å². The van der Waals surface area contributed by atoms with Gasteiger partial charge in [0, 0.05) is 5.56 Å². The molecule has 0 fully saturated rings. The number of allylic oxidation sites excluding steroid dienone is 1. The van der Waals surface area contributed by atoms with Gasteiger partial charge < -0.3 is 15.2 Å². The standard InChI is InChI=1S/C30H30N2O2/c1-3-5-26-19-25(22-8-10-24(11-9-22)30(31)32)13-15-29(26)34-17-16-33-28-14-12-23-7-6-21(4-2)18-27(23)20-28/h3,6-15,18-20H,1,4-5,16-17H2,2H3,(H3,31,32). The summed E-state index contributed by atoms with van der Waals surface area (Å²) < 4.78 is 12.0. The molecule has 0 aliphatic heterocycles. The van der Waals surface area contributed by atoms with Crippen LogP contribution in [0.4, 0.5) is 0 Å². The summed E-state index contributed by atoms with van der Waals surface area (Å²) in [7, 11) is 0. The number of ether oxygens (including phenoxy) is 2. The van der Waals surface area contributed by atoms with Gasteiger partial charge in [0.2, 0.25) is 0 Å². The fourth-order valence-corrected chi connectivity index (χ4v) is 3.95. The maximum atomic E-state index is 7.55. The van der Waals surface area contributed by atoms with Crippen LogP contribution in [0.3, 0.4) is 0 Å². The Hall–Kier alpha value is -4.05. The van der Waals surface area contributed by atoms with E-state index in [2.05, 4.69) is 49.9 Å². The molecule has 0 saturated carbocycles. The van der Waals surface area contributed by atoms with E-state index in [0.717, 1.165) is 34.6 Å². The Bertz CT molecular complexity index is 1310. The second-order valence-corrected chi connectivity index (χ2v) is 8.20. The molecule has 0 atom stereocenters. The Balaban J connectivity index is 1.40. The molecule has 0 aromatic heterocycles. The van der Waals surface area contributed by atoms with E-state index in [0.29, 0.717) is 25.2 Å². The van der Waals surface area contributed by atoms with Gasteiger partial charge in [0.25, 0.3) is 0 Å². The molecule has 3 N–H and O–H groups in total. The molecule has 0 aliphatic rings. The van der Waals surface area contributed by atoms with Crippen LogP contribution in [0, 0.1) is 5.41 Å². The van der Waals surface area contributed by atoms with Gasteiger partial charge in [-0.15, -0.1) is 6.58 Å². The Kier molecular flexibility index (Phi) is 7.28. The zero-order chi connectivity index (χ0) is 23.9. The van der Waals surface area contributed by atoms with Crippen molar-refractivity contribution in [1.29, 1.82) is 5.41 Å². The monoisotopic (exact) mass is 450 g/mol. The van der Waals surface area contributed by atoms with Crippen molar-refractivity contribution in [1.82, 2.24) is 0 Å². The highest BCUT2D eigenvalue weighted by Gasteiger charge is 2.07. The van der Waals surface area contributed by atoms with Gasteiger partial charge in [-0.1, -0.05) is 67.6 Å². The highest BCUT2D eigenvalue weighted by atomic mass is 16.5. The minimum Gasteiger partial charge on any atom is -0.490 e. The summed E-state index contributed by atoms with van der Waals surface area (Å²) in [6, 6.07) is 26.6. The van der Waals surface area contributed by atoms with Crippen molar-refractivity contribution < 1.29 is 9.47 Å². The second-order valence-electron chi connectivity index (χ2n) is 8.20. The Morgan fingerprint density at radius 2 is 1.59 bits per heavy atom. The molecule has 4 heteroatoms. The molecular formula is C30H30N2O2. The third-order valence-electron chi connectivity index (χ3n) is 5.85. The molecule has 34 heavy (non-hydrogen) atoms. The fourth-order valence-electron chi connectivity index (χ4n) is 3.95. The van der Waals surface area contributed by atoms with Crippen molar-refractivity contribution >= 4 is 16.6 Å². The number of amidine groups is 1. The third kappa shape index (κ3) is 5.46. The van der Waals surface area contributed by atoms with Crippen LogP contribution in [0.25, 0.3) is 21.9 Å². The summed E-state index contributed by atoms with van der Waals surface area (Å²) in [5.74, 6) is 1.75. The highest BCUT2D eigenvalue weighted by molar-refractivity contribution is 5.95. The van der Waals surface area contributed by atoms with Crippen LogP contribution in [0.1, 0.15) is 23.6 Å². The smallest absolute Gasteiger partial charge is 0.123 e. The number of hydrogen-bond donors (Lipinski definition) is 2. The molecule has 0 amide bonds. The molecule has 0 unspecified atom stereocenters. The number of aryl methyl sites for hydroxylation is 1. The fraction of sp³-hybridized carbons (Fsp3) is 0.167. The van der Waals surface area contributed by atoms with Crippen LogP contribution in [0.5, 0.6) is 11.5 Å². The largest absolute Gasteiger partial charge is 0.490 e. The molecule has 172 valence electrons. The quantitative estimate of drug-likeness (QED) is 0.125. The van der Waals surface area contributed by atoms with Gasteiger partial charge in [-0.05, 0) is 70.1 Å². The summed E-state index contributed by atoms with van der Waals surface area (Å²) in [6.07, 6.45) is 3.60. The Morgan fingerprint density at radius 1 is 0.853 bits per heavy atom. The van der Waals surface area contributed by atoms with E-state index in [-0.39, 0.29) is 5.84 Å². The van der Waals surface area contributed by atoms with E-state index in [1.807, 2.05) is 48.5 Å². The molecule has 0 spiro atoms. The van der Waals surface area contributed by atoms with Crippen LogP contribution >= 0.6 is 0 Å². The Labute approximate surface area is 201 Å². The number of nitrogens with one attached hydrogen (secondary N) is 1. The summed E-state index contributed by atoms with van der Waals surface area (Å²) in [5, 5.41) is 9.96. The summed E-state index contributed by atoms with van der Waals surface area (Å²) >= 11 is 0. The molecule has 0 heterocycles. The molecule has 4 nitrogen and oxygen atoms in total. The zero-order valence-corrected chi connectivity index (χ0v) is 19.5. The minimum absolute atomic E-state index is 0.0688. The molecule has 4 aromatic rings. The van der Waals surface area contributed by atoms with Gasteiger partial charge in [0.05, 0.1) is 0 Å². The summed E-state index contributed by atoms with van der Waals surface area (Å²) in [4.78, 5) is 0. The zero-order valence-electron chi connectivity index (χ0n) is 19.5. The second kappa shape index (κ2) is 10.7. The first-order valence-electron chi connectivity index (χ1n) is 11.5. The average Bonchev–Trinajstić information content (AvgIpc) is 2.87. The van der Waals surface area contributed by atoms with Gasteiger partial charge >= 0.3 is 0 Å². The number of rotatable bonds is 10. The average molecular weight is 451 g/mol. The molecule has 0 bridgehead atoms. The molecular weight excluding hydrogens is 420 g/mol. The van der Waals surface area contributed by atoms with Crippen LogP contribution in [-0.2, 0) is 12.8 Å². The lowest BCUT2D eigenvalue weighted by atomic mass is 9.99. The molecule has 0 aliphatic carbocycles. The van der Waals surface area contributed by atoms with E-state index < -0.39 is 0 Å². The van der Waals surface area contributed by atoms with Crippen molar-refractivity contribution in [2.45, 2.75) is 19.8 Å². The van der Waals surface area contributed by atoms with E-state index in [4.69, 9.17) is 20.6 Å². The van der Waals surface area contributed by atoms with Crippen molar-refractivity contribution in [3.05, 3.63) is 108 Å². The third-order valence-corrected chi connectivity index (χ3v) is 5.85. The highest BCUT2D eigenvalue weighted by Crippen LogP contribution is 2.28. The van der Waals surface area contributed by atoms with Crippen LogP contribution < -0.4 is 15.2 Å². The lowest BCUT2D eigenvalue weighted by Crippen LogP contribution is -2.10. The summed E-state index contributed by atoms with van der Waals surface area (Å²) in [5.41, 5.74) is 10.8. The first kappa shape index (κ1) is 23.1. The SMILES string of the molecule is C=CCc1cc(-c2ccc(C(=N)N)cc2)ccc1OCCOc1ccc2ccc(CC)cc2c1. The number of hydrogen-bond acceptors (Lipinski definition) is 3. The predicted octanol–water partition coefficient (Wildman–Crippen LogP) is 6.54. The van der Waals surface area contributed by atoms with Gasteiger partial charge in [-0.25, -0.2) is 0 Å². The Morgan fingerprint density at radius 3 is 2.32 bits per heavy atom. The van der Waals surface area contributed by atoms with Crippen LogP contribution in [0.2, 0.25) is 0 Å². The lowest BCUT2D eigenvalue weighted by Gasteiger charge is -2.14. The minimum atomic E-state index is 0.0688. The maximum absolute atomic E-state index is 7.55. The van der Waals surface area contributed by atoms with Crippen molar-refractivity contribution in [2.24, 2.45) is 5.73 Å². The number of fused-ring (bicyclic) bond motifs is 1. The van der Waals surface area contributed by atoms with Gasteiger partial charge in [-0.2, -0.15) is 0 Å². The number of benzene rings is 4. The number of nitrogen functional groups attached to an aromatic ring is 1. The van der Waals surface area contributed by atoms with Crippen LogP contribution in [0.15, 0.2) is 91.5 Å².